The Morgan fingerprint density at radius 1 is 0.964 bits per heavy atom. The van der Waals surface area contributed by atoms with E-state index in [1.54, 1.807) is 11.0 Å². The standard InChI is InChI=1S/C21H24F3N3O/c22-21(23,24)18-8-4-7-17(13-18)15-26-9-11-27(12-10-26)20(28)19(25)14-16-5-2-1-3-6-16/h1-8,13,19H,9-12,14-15,25H2. The molecule has 1 fully saturated rings. The lowest BCUT2D eigenvalue weighted by atomic mass is 10.1. The van der Waals surface area contributed by atoms with Gasteiger partial charge in [-0.2, -0.15) is 13.2 Å². The lowest BCUT2D eigenvalue weighted by molar-refractivity contribution is -0.138. The van der Waals surface area contributed by atoms with Gasteiger partial charge in [0.15, 0.2) is 0 Å². The van der Waals surface area contributed by atoms with Gasteiger partial charge in [0.2, 0.25) is 5.91 Å². The predicted molar refractivity (Wildman–Crippen MR) is 101 cm³/mol. The highest BCUT2D eigenvalue weighted by atomic mass is 19.4. The molecular weight excluding hydrogens is 367 g/mol. The summed E-state index contributed by atoms with van der Waals surface area (Å²) in [6, 6.07) is 14.4. The summed E-state index contributed by atoms with van der Waals surface area (Å²) in [7, 11) is 0. The first-order valence-corrected chi connectivity index (χ1v) is 9.30. The van der Waals surface area contributed by atoms with E-state index in [0.29, 0.717) is 44.7 Å². The molecule has 1 amide bonds. The molecule has 1 atom stereocenters. The highest BCUT2D eigenvalue weighted by molar-refractivity contribution is 5.82. The van der Waals surface area contributed by atoms with Gasteiger partial charge in [0, 0.05) is 32.7 Å². The number of nitrogens with two attached hydrogens (primary N) is 1. The number of rotatable bonds is 5. The summed E-state index contributed by atoms with van der Waals surface area (Å²) < 4.78 is 38.5. The maximum absolute atomic E-state index is 12.8. The fourth-order valence-corrected chi connectivity index (χ4v) is 3.42. The van der Waals surface area contributed by atoms with Crippen LogP contribution in [0.25, 0.3) is 0 Å². The second-order valence-electron chi connectivity index (χ2n) is 7.10. The van der Waals surface area contributed by atoms with Crippen LogP contribution in [0.15, 0.2) is 54.6 Å². The monoisotopic (exact) mass is 391 g/mol. The summed E-state index contributed by atoms with van der Waals surface area (Å²) in [6.45, 7) is 2.71. The summed E-state index contributed by atoms with van der Waals surface area (Å²) in [5, 5.41) is 0. The van der Waals surface area contributed by atoms with Crippen molar-refractivity contribution in [2.45, 2.75) is 25.2 Å². The number of carbonyl (C=O) groups excluding carboxylic acids is 1. The molecule has 1 saturated heterocycles. The number of nitrogens with zero attached hydrogens (tertiary/aromatic N) is 2. The second kappa shape index (κ2) is 8.75. The number of piperazine rings is 1. The molecule has 2 aromatic carbocycles. The van der Waals surface area contributed by atoms with Crippen molar-refractivity contribution in [2.24, 2.45) is 5.73 Å². The normalized spacial score (nSPS) is 16.8. The van der Waals surface area contributed by atoms with E-state index < -0.39 is 17.8 Å². The third-order valence-electron chi connectivity index (χ3n) is 4.96. The number of hydrogen-bond acceptors (Lipinski definition) is 3. The first kappa shape index (κ1) is 20.4. The van der Waals surface area contributed by atoms with E-state index in [4.69, 9.17) is 5.73 Å². The average molecular weight is 391 g/mol. The molecule has 1 aliphatic heterocycles. The van der Waals surface area contributed by atoms with Crippen LogP contribution in [0.2, 0.25) is 0 Å². The Hall–Kier alpha value is -2.38. The second-order valence-corrected chi connectivity index (χ2v) is 7.10. The number of alkyl halides is 3. The summed E-state index contributed by atoms with van der Waals surface area (Å²) in [4.78, 5) is 16.4. The summed E-state index contributed by atoms with van der Waals surface area (Å²) in [6.07, 6.45) is -3.85. The summed E-state index contributed by atoms with van der Waals surface area (Å²) in [5.41, 5.74) is 7.09. The molecule has 28 heavy (non-hydrogen) atoms. The van der Waals surface area contributed by atoms with Crippen LogP contribution in [-0.4, -0.2) is 47.9 Å². The molecule has 0 aromatic heterocycles. The Bertz CT molecular complexity index is 787. The number of carbonyl (C=O) groups is 1. The Morgan fingerprint density at radius 3 is 2.25 bits per heavy atom. The first-order valence-electron chi connectivity index (χ1n) is 9.30. The third kappa shape index (κ3) is 5.33. The molecule has 1 heterocycles. The van der Waals surface area contributed by atoms with Crippen molar-refractivity contribution in [2.75, 3.05) is 26.2 Å². The highest BCUT2D eigenvalue weighted by Crippen LogP contribution is 2.29. The van der Waals surface area contributed by atoms with Crippen LogP contribution >= 0.6 is 0 Å². The molecule has 0 radical (unpaired) electrons. The SMILES string of the molecule is NC(Cc1ccccc1)C(=O)N1CCN(Cc2cccc(C(F)(F)F)c2)CC1. The Morgan fingerprint density at radius 2 is 1.61 bits per heavy atom. The molecule has 0 saturated carbocycles. The molecule has 0 aliphatic carbocycles. The van der Waals surface area contributed by atoms with Crippen LogP contribution in [0.4, 0.5) is 13.2 Å². The van der Waals surface area contributed by atoms with Gasteiger partial charge in [-0.15, -0.1) is 0 Å². The van der Waals surface area contributed by atoms with E-state index >= 15 is 0 Å². The van der Waals surface area contributed by atoms with Crippen molar-refractivity contribution >= 4 is 5.91 Å². The molecule has 2 N–H and O–H groups in total. The quantitative estimate of drug-likeness (QED) is 0.853. The van der Waals surface area contributed by atoms with Crippen molar-refractivity contribution < 1.29 is 18.0 Å². The summed E-state index contributed by atoms with van der Waals surface area (Å²) in [5.74, 6) is -0.0810. The maximum Gasteiger partial charge on any atom is 0.416 e. The minimum absolute atomic E-state index is 0.0810. The zero-order chi connectivity index (χ0) is 20.1. The molecule has 2 aromatic rings. The lowest BCUT2D eigenvalue weighted by Crippen LogP contribution is -2.53. The largest absolute Gasteiger partial charge is 0.416 e. The van der Waals surface area contributed by atoms with E-state index in [1.807, 2.05) is 30.3 Å². The number of hydrogen-bond donors (Lipinski definition) is 1. The van der Waals surface area contributed by atoms with Crippen LogP contribution in [0.1, 0.15) is 16.7 Å². The van der Waals surface area contributed by atoms with E-state index in [-0.39, 0.29) is 5.91 Å². The molecule has 4 nitrogen and oxygen atoms in total. The predicted octanol–water partition coefficient (Wildman–Crippen LogP) is 2.92. The van der Waals surface area contributed by atoms with E-state index in [2.05, 4.69) is 4.90 Å². The molecule has 7 heteroatoms. The van der Waals surface area contributed by atoms with Crippen molar-refractivity contribution in [3.8, 4) is 0 Å². The van der Waals surface area contributed by atoms with Crippen molar-refractivity contribution in [3.05, 3.63) is 71.3 Å². The zero-order valence-electron chi connectivity index (χ0n) is 15.5. The van der Waals surface area contributed by atoms with E-state index in [1.165, 1.54) is 12.1 Å². The van der Waals surface area contributed by atoms with Crippen LogP contribution in [-0.2, 0) is 23.9 Å². The van der Waals surface area contributed by atoms with Crippen LogP contribution in [0.3, 0.4) is 0 Å². The highest BCUT2D eigenvalue weighted by Gasteiger charge is 2.31. The van der Waals surface area contributed by atoms with E-state index in [9.17, 15) is 18.0 Å². The Labute approximate surface area is 162 Å². The van der Waals surface area contributed by atoms with Gasteiger partial charge >= 0.3 is 6.18 Å². The van der Waals surface area contributed by atoms with Gasteiger partial charge in [-0.3, -0.25) is 9.69 Å². The topological polar surface area (TPSA) is 49.6 Å². The zero-order valence-corrected chi connectivity index (χ0v) is 15.5. The van der Waals surface area contributed by atoms with Gasteiger partial charge < -0.3 is 10.6 Å². The molecule has 1 unspecified atom stereocenters. The number of halogens is 3. The molecular formula is C21H24F3N3O. The molecule has 150 valence electrons. The van der Waals surface area contributed by atoms with E-state index in [0.717, 1.165) is 11.6 Å². The maximum atomic E-state index is 12.8. The molecule has 1 aliphatic rings. The third-order valence-corrected chi connectivity index (χ3v) is 4.96. The fraction of sp³-hybridized carbons (Fsp3) is 0.381. The Balaban J connectivity index is 1.51. The lowest BCUT2D eigenvalue weighted by Gasteiger charge is -2.36. The minimum Gasteiger partial charge on any atom is -0.339 e. The van der Waals surface area contributed by atoms with Gasteiger partial charge in [0.05, 0.1) is 11.6 Å². The first-order chi connectivity index (χ1) is 13.3. The molecule has 0 spiro atoms. The van der Waals surface area contributed by atoms with Crippen LogP contribution in [0, 0.1) is 0 Å². The van der Waals surface area contributed by atoms with Gasteiger partial charge in [0.1, 0.15) is 0 Å². The van der Waals surface area contributed by atoms with Crippen molar-refractivity contribution in [1.29, 1.82) is 0 Å². The van der Waals surface area contributed by atoms with Crippen molar-refractivity contribution in [1.82, 2.24) is 9.80 Å². The number of amides is 1. The molecule has 3 rings (SSSR count). The van der Waals surface area contributed by atoms with Gasteiger partial charge in [-0.05, 0) is 23.6 Å². The summed E-state index contributed by atoms with van der Waals surface area (Å²) >= 11 is 0. The van der Waals surface area contributed by atoms with Crippen molar-refractivity contribution in [3.63, 3.8) is 0 Å². The van der Waals surface area contributed by atoms with Gasteiger partial charge in [-0.25, -0.2) is 0 Å². The van der Waals surface area contributed by atoms with Gasteiger partial charge in [0.25, 0.3) is 0 Å². The minimum atomic E-state index is -4.34. The number of benzene rings is 2. The van der Waals surface area contributed by atoms with Crippen LogP contribution in [0.5, 0.6) is 0 Å². The van der Waals surface area contributed by atoms with Gasteiger partial charge in [-0.1, -0.05) is 48.5 Å². The smallest absolute Gasteiger partial charge is 0.339 e. The molecule has 0 bridgehead atoms. The van der Waals surface area contributed by atoms with Crippen LogP contribution < -0.4 is 5.73 Å². The Kier molecular flexibility index (Phi) is 6.36. The fourth-order valence-electron chi connectivity index (χ4n) is 3.42. The average Bonchev–Trinajstić information content (AvgIpc) is 2.68.